The molecule has 0 saturated carbocycles. The van der Waals surface area contributed by atoms with Crippen molar-refractivity contribution in [1.82, 2.24) is 19.4 Å². The minimum absolute atomic E-state index is 0.138. The van der Waals surface area contributed by atoms with Crippen LogP contribution in [0.2, 0.25) is 0 Å². The van der Waals surface area contributed by atoms with Crippen LogP contribution in [-0.4, -0.2) is 60.4 Å². The molecule has 22 heavy (non-hydrogen) atoms. The molecule has 0 bridgehead atoms. The third-order valence-corrected chi connectivity index (χ3v) is 6.29. The first-order valence-electron chi connectivity index (χ1n) is 7.49. The molecule has 2 rings (SSSR count). The number of hydrogen-bond acceptors (Lipinski definition) is 4. The van der Waals surface area contributed by atoms with Crippen LogP contribution in [0.25, 0.3) is 0 Å². The fourth-order valence-corrected chi connectivity index (χ4v) is 4.15. The summed E-state index contributed by atoms with van der Waals surface area (Å²) in [7, 11) is -2.27. The predicted molar refractivity (Wildman–Crippen MR) is 82.9 cm³/mol. The van der Waals surface area contributed by atoms with Gasteiger partial charge in [-0.1, -0.05) is 6.92 Å². The molecule has 1 saturated heterocycles. The van der Waals surface area contributed by atoms with Crippen molar-refractivity contribution in [2.45, 2.75) is 38.5 Å². The Morgan fingerprint density at radius 3 is 2.45 bits per heavy atom. The highest BCUT2D eigenvalue weighted by molar-refractivity contribution is 7.89. The number of H-pyrrole nitrogens is 1. The maximum Gasteiger partial charge on any atom is 0.246 e. The Morgan fingerprint density at radius 1 is 1.36 bits per heavy atom. The lowest BCUT2D eigenvalue weighted by molar-refractivity contribution is -0.132. The smallest absolute Gasteiger partial charge is 0.246 e. The summed E-state index contributed by atoms with van der Waals surface area (Å²) in [6.45, 7) is 6.74. The average Bonchev–Trinajstić information content (AvgIpc) is 2.79. The van der Waals surface area contributed by atoms with Gasteiger partial charge in [0.1, 0.15) is 4.90 Å². The Labute approximate surface area is 131 Å². The maximum atomic E-state index is 12.6. The Bertz CT molecular complexity index is 626. The second-order valence-electron chi connectivity index (χ2n) is 6.09. The van der Waals surface area contributed by atoms with Gasteiger partial charge in [-0.05, 0) is 32.6 Å². The number of likely N-dealkylation sites (tertiary alicyclic amines) is 1. The van der Waals surface area contributed by atoms with Gasteiger partial charge in [-0.2, -0.15) is 9.40 Å². The number of aromatic amines is 1. The molecule has 0 spiro atoms. The van der Waals surface area contributed by atoms with Crippen LogP contribution in [0.1, 0.15) is 31.2 Å². The van der Waals surface area contributed by atoms with E-state index >= 15 is 0 Å². The normalized spacial score (nSPS) is 17.2. The van der Waals surface area contributed by atoms with E-state index in [1.54, 1.807) is 18.7 Å². The molecule has 0 radical (unpaired) electrons. The number of aromatic nitrogens is 2. The molecule has 0 atom stereocenters. The molecule has 2 heterocycles. The number of amides is 1. The van der Waals surface area contributed by atoms with Gasteiger partial charge in [0.15, 0.2) is 0 Å². The Morgan fingerprint density at radius 2 is 1.95 bits per heavy atom. The highest BCUT2D eigenvalue weighted by Crippen LogP contribution is 2.21. The van der Waals surface area contributed by atoms with Gasteiger partial charge in [-0.3, -0.25) is 9.89 Å². The van der Waals surface area contributed by atoms with Crippen LogP contribution in [0.3, 0.4) is 0 Å². The fourth-order valence-electron chi connectivity index (χ4n) is 2.71. The van der Waals surface area contributed by atoms with E-state index in [-0.39, 0.29) is 17.3 Å². The van der Waals surface area contributed by atoms with Crippen molar-refractivity contribution in [3.63, 3.8) is 0 Å². The summed E-state index contributed by atoms with van der Waals surface area (Å²) < 4.78 is 26.3. The molecule has 0 unspecified atom stereocenters. The van der Waals surface area contributed by atoms with Crippen molar-refractivity contribution in [2.75, 3.05) is 26.7 Å². The summed E-state index contributed by atoms with van der Waals surface area (Å²) >= 11 is 0. The number of carbonyl (C=O) groups is 1. The lowest BCUT2D eigenvalue weighted by Crippen LogP contribution is -2.44. The fraction of sp³-hybridized carbons (Fsp3) is 0.714. The topological polar surface area (TPSA) is 86.4 Å². The molecule has 0 aromatic carbocycles. The molecule has 8 heteroatoms. The minimum atomic E-state index is -3.71. The number of rotatable bonds is 4. The van der Waals surface area contributed by atoms with Crippen molar-refractivity contribution >= 4 is 15.9 Å². The van der Waals surface area contributed by atoms with Crippen LogP contribution in [0, 0.1) is 19.8 Å². The molecule has 124 valence electrons. The number of aryl methyl sites for hydroxylation is 2. The second kappa shape index (κ2) is 6.37. The van der Waals surface area contributed by atoms with E-state index in [2.05, 4.69) is 17.1 Å². The first-order valence-corrected chi connectivity index (χ1v) is 8.93. The molecule has 1 aliphatic rings. The SMILES string of the molecule is Cc1n[nH]c(C)c1S(=O)(=O)N(C)CC(=O)N1CCC(C)CC1. The Balaban J connectivity index is 2.08. The van der Waals surface area contributed by atoms with Crippen LogP contribution in [0.4, 0.5) is 0 Å². The molecular formula is C14H24N4O3S. The number of nitrogens with zero attached hydrogens (tertiary/aromatic N) is 3. The summed E-state index contributed by atoms with van der Waals surface area (Å²) in [5.41, 5.74) is 0.909. The minimum Gasteiger partial charge on any atom is -0.342 e. The van der Waals surface area contributed by atoms with Crippen molar-refractivity contribution in [3.05, 3.63) is 11.4 Å². The standard InChI is InChI=1S/C14H24N4O3S/c1-10-5-7-18(8-6-10)13(19)9-17(4)22(20,21)14-11(2)15-16-12(14)3/h10H,5-9H2,1-4H3,(H,15,16). The molecule has 1 aromatic heterocycles. The van der Waals surface area contributed by atoms with E-state index in [1.165, 1.54) is 7.05 Å². The molecular weight excluding hydrogens is 304 g/mol. The van der Waals surface area contributed by atoms with E-state index in [0.717, 1.165) is 17.1 Å². The zero-order valence-corrected chi connectivity index (χ0v) is 14.4. The summed E-state index contributed by atoms with van der Waals surface area (Å²) in [5.74, 6) is 0.485. The van der Waals surface area contributed by atoms with Crippen LogP contribution >= 0.6 is 0 Å². The Kier molecular flexibility index (Phi) is 4.91. The number of carbonyl (C=O) groups excluding carboxylic acids is 1. The highest BCUT2D eigenvalue weighted by atomic mass is 32.2. The molecule has 1 fully saturated rings. The largest absolute Gasteiger partial charge is 0.342 e. The van der Waals surface area contributed by atoms with E-state index < -0.39 is 10.0 Å². The van der Waals surface area contributed by atoms with Crippen molar-refractivity contribution in [3.8, 4) is 0 Å². The molecule has 0 aliphatic carbocycles. The van der Waals surface area contributed by atoms with Crippen molar-refractivity contribution < 1.29 is 13.2 Å². The van der Waals surface area contributed by atoms with Crippen LogP contribution < -0.4 is 0 Å². The summed E-state index contributed by atoms with van der Waals surface area (Å²) in [6, 6.07) is 0. The highest BCUT2D eigenvalue weighted by Gasteiger charge is 2.30. The number of likely N-dealkylation sites (N-methyl/N-ethyl adjacent to an activating group) is 1. The first-order chi connectivity index (χ1) is 10.2. The lowest BCUT2D eigenvalue weighted by Gasteiger charge is -2.31. The number of hydrogen-bond donors (Lipinski definition) is 1. The van der Waals surface area contributed by atoms with Gasteiger partial charge < -0.3 is 4.90 Å². The number of sulfonamides is 1. The van der Waals surface area contributed by atoms with Crippen molar-refractivity contribution in [2.24, 2.45) is 5.92 Å². The van der Waals surface area contributed by atoms with Gasteiger partial charge in [0.05, 0.1) is 17.9 Å². The van der Waals surface area contributed by atoms with Crippen LogP contribution in [-0.2, 0) is 14.8 Å². The molecule has 1 N–H and O–H groups in total. The predicted octanol–water partition coefficient (Wildman–Crippen LogP) is 0.906. The maximum absolute atomic E-state index is 12.6. The Hall–Kier alpha value is -1.41. The van der Waals surface area contributed by atoms with Gasteiger partial charge in [-0.15, -0.1) is 0 Å². The first kappa shape index (κ1) is 17.0. The van der Waals surface area contributed by atoms with Gasteiger partial charge in [0, 0.05) is 20.1 Å². The summed E-state index contributed by atoms with van der Waals surface area (Å²) in [6.07, 6.45) is 1.95. The molecule has 7 nitrogen and oxygen atoms in total. The average molecular weight is 328 g/mol. The van der Waals surface area contributed by atoms with E-state index in [4.69, 9.17) is 0 Å². The van der Waals surface area contributed by atoms with E-state index in [1.807, 2.05) is 0 Å². The zero-order valence-electron chi connectivity index (χ0n) is 13.6. The number of nitrogens with one attached hydrogen (secondary N) is 1. The lowest BCUT2D eigenvalue weighted by atomic mass is 9.99. The molecule has 1 aliphatic heterocycles. The summed E-state index contributed by atoms with van der Waals surface area (Å²) in [5, 5.41) is 6.58. The van der Waals surface area contributed by atoms with E-state index in [9.17, 15) is 13.2 Å². The molecule has 1 aromatic rings. The number of piperidine rings is 1. The van der Waals surface area contributed by atoms with Gasteiger partial charge in [-0.25, -0.2) is 8.42 Å². The second-order valence-corrected chi connectivity index (χ2v) is 8.07. The van der Waals surface area contributed by atoms with Crippen LogP contribution in [0.5, 0.6) is 0 Å². The van der Waals surface area contributed by atoms with Gasteiger partial charge >= 0.3 is 0 Å². The summed E-state index contributed by atoms with van der Waals surface area (Å²) in [4.78, 5) is 14.2. The zero-order chi connectivity index (χ0) is 16.5. The molecule has 1 amide bonds. The van der Waals surface area contributed by atoms with Crippen molar-refractivity contribution in [1.29, 1.82) is 0 Å². The van der Waals surface area contributed by atoms with Crippen LogP contribution in [0.15, 0.2) is 4.90 Å². The third-order valence-electron chi connectivity index (χ3n) is 4.22. The van der Waals surface area contributed by atoms with E-state index in [0.29, 0.717) is 30.4 Å². The van der Waals surface area contributed by atoms with Gasteiger partial charge in [0.25, 0.3) is 0 Å². The quantitative estimate of drug-likeness (QED) is 0.890. The van der Waals surface area contributed by atoms with Gasteiger partial charge in [0.2, 0.25) is 15.9 Å². The monoisotopic (exact) mass is 328 g/mol. The third kappa shape index (κ3) is 3.33.